The maximum Gasteiger partial charge on any atom is 0.233 e. The summed E-state index contributed by atoms with van der Waals surface area (Å²) in [6.07, 6.45) is 5.81. The Labute approximate surface area is 141 Å². The monoisotopic (exact) mass is 326 g/mol. The second kappa shape index (κ2) is 5.92. The molecule has 0 bridgehead atoms. The van der Waals surface area contributed by atoms with Gasteiger partial charge in [-0.3, -0.25) is 4.79 Å². The average molecular weight is 326 g/mol. The first-order valence-electron chi connectivity index (χ1n) is 8.54. The molecule has 6 heteroatoms. The number of methoxy groups -OCH3 is 1. The molecule has 1 aliphatic carbocycles. The molecule has 126 valence electrons. The van der Waals surface area contributed by atoms with Crippen LogP contribution in [0.25, 0.3) is 0 Å². The minimum atomic E-state index is -0.387. The summed E-state index contributed by atoms with van der Waals surface area (Å²) >= 11 is 0. The van der Waals surface area contributed by atoms with Gasteiger partial charge < -0.3 is 9.64 Å². The molecule has 2 aromatic rings. The molecule has 2 aliphatic rings. The number of hydrogen-bond donors (Lipinski definition) is 0. The summed E-state index contributed by atoms with van der Waals surface area (Å²) in [4.78, 5) is 15.4. The number of nitrogens with zero attached hydrogens (tertiary/aromatic N) is 4. The molecule has 1 aliphatic heterocycles. The SMILES string of the molecule is COc1ccc(C2(C(=O)N3CCn4nncc4C3)CCCC2)cc1. The largest absolute Gasteiger partial charge is 0.497 e. The molecular formula is C18H22N4O2. The number of amides is 1. The third-order valence-corrected chi connectivity index (χ3v) is 5.43. The number of benzene rings is 1. The topological polar surface area (TPSA) is 60.2 Å². The number of carbonyl (C=O) groups is 1. The van der Waals surface area contributed by atoms with E-state index in [0.717, 1.165) is 49.2 Å². The molecule has 24 heavy (non-hydrogen) atoms. The van der Waals surface area contributed by atoms with Gasteiger partial charge in [0.15, 0.2) is 0 Å². The van der Waals surface area contributed by atoms with E-state index >= 15 is 0 Å². The number of hydrogen-bond acceptors (Lipinski definition) is 4. The first-order valence-corrected chi connectivity index (χ1v) is 8.54. The Hall–Kier alpha value is -2.37. The van der Waals surface area contributed by atoms with Crippen LogP contribution in [-0.4, -0.2) is 39.5 Å². The quantitative estimate of drug-likeness (QED) is 0.867. The molecule has 2 heterocycles. The summed E-state index contributed by atoms with van der Waals surface area (Å²) < 4.78 is 7.15. The zero-order valence-electron chi connectivity index (χ0n) is 13.9. The molecule has 0 atom stereocenters. The molecule has 6 nitrogen and oxygen atoms in total. The summed E-state index contributed by atoms with van der Waals surface area (Å²) in [6, 6.07) is 8.02. The van der Waals surface area contributed by atoms with Crippen LogP contribution in [0.3, 0.4) is 0 Å². The fourth-order valence-electron chi connectivity index (χ4n) is 4.07. The Morgan fingerprint density at radius 1 is 1.17 bits per heavy atom. The van der Waals surface area contributed by atoms with Crippen molar-refractivity contribution in [2.75, 3.05) is 13.7 Å². The summed E-state index contributed by atoms with van der Waals surface area (Å²) in [5, 5.41) is 8.01. The smallest absolute Gasteiger partial charge is 0.233 e. The van der Waals surface area contributed by atoms with Crippen LogP contribution in [0.4, 0.5) is 0 Å². The first-order chi connectivity index (χ1) is 11.7. The van der Waals surface area contributed by atoms with Crippen molar-refractivity contribution < 1.29 is 9.53 Å². The van der Waals surface area contributed by atoms with Crippen LogP contribution in [0.2, 0.25) is 0 Å². The van der Waals surface area contributed by atoms with Gasteiger partial charge in [-0.25, -0.2) is 4.68 Å². The maximum atomic E-state index is 13.5. The summed E-state index contributed by atoms with van der Waals surface area (Å²) in [6.45, 7) is 2.02. The van der Waals surface area contributed by atoms with Crippen LogP contribution >= 0.6 is 0 Å². The van der Waals surface area contributed by atoms with Gasteiger partial charge in [0.05, 0.1) is 37.5 Å². The van der Waals surface area contributed by atoms with Gasteiger partial charge in [-0.05, 0) is 30.5 Å². The fourth-order valence-corrected chi connectivity index (χ4v) is 4.07. The number of ether oxygens (including phenoxy) is 1. The van der Waals surface area contributed by atoms with Crippen molar-refractivity contribution in [3.8, 4) is 5.75 Å². The van der Waals surface area contributed by atoms with Gasteiger partial charge >= 0.3 is 0 Å². The van der Waals surface area contributed by atoms with Crippen LogP contribution < -0.4 is 4.74 Å². The van der Waals surface area contributed by atoms with Gasteiger partial charge in [0.1, 0.15) is 5.75 Å². The van der Waals surface area contributed by atoms with Crippen molar-refractivity contribution >= 4 is 5.91 Å². The summed E-state index contributed by atoms with van der Waals surface area (Å²) in [5.74, 6) is 1.07. The predicted octanol–water partition coefficient (Wildman–Crippen LogP) is 2.14. The maximum absolute atomic E-state index is 13.5. The highest BCUT2D eigenvalue weighted by molar-refractivity contribution is 5.88. The van der Waals surface area contributed by atoms with Crippen LogP contribution in [-0.2, 0) is 23.3 Å². The number of rotatable bonds is 3. The zero-order chi connectivity index (χ0) is 16.6. The summed E-state index contributed by atoms with van der Waals surface area (Å²) in [5.41, 5.74) is 1.74. The molecule has 0 radical (unpaired) electrons. The van der Waals surface area contributed by atoms with Gasteiger partial charge in [-0.15, -0.1) is 5.10 Å². The highest BCUT2D eigenvalue weighted by Crippen LogP contribution is 2.43. The highest BCUT2D eigenvalue weighted by atomic mass is 16.5. The number of aromatic nitrogens is 3. The number of fused-ring (bicyclic) bond motifs is 1. The third-order valence-electron chi connectivity index (χ3n) is 5.43. The van der Waals surface area contributed by atoms with Crippen LogP contribution in [0.15, 0.2) is 30.5 Å². The second-order valence-corrected chi connectivity index (χ2v) is 6.69. The van der Waals surface area contributed by atoms with E-state index < -0.39 is 0 Å². The van der Waals surface area contributed by atoms with Crippen molar-refractivity contribution in [1.82, 2.24) is 19.9 Å². The van der Waals surface area contributed by atoms with Gasteiger partial charge in [-0.2, -0.15) is 0 Å². The normalized spacial score (nSPS) is 19.1. The van der Waals surface area contributed by atoms with E-state index in [0.29, 0.717) is 13.1 Å². The average Bonchev–Trinajstić information content (AvgIpc) is 3.30. The predicted molar refractivity (Wildman–Crippen MR) is 88.6 cm³/mol. The van der Waals surface area contributed by atoms with E-state index in [4.69, 9.17) is 4.74 Å². The van der Waals surface area contributed by atoms with Gasteiger partial charge in [0.25, 0.3) is 0 Å². The fraction of sp³-hybridized carbons (Fsp3) is 0.500. The van der Waals surface area contributed by atoms with E-state index in [9.17, 15) is 4.79 Å². The minimum absolute atomic E-state index is 0.248. The lowest BCUT2D eigenvalue weighted by atomic mass is 9.77. The molecular weight excluding hydrogens is 304 g/mol. The molecule has 1 aromatic carbocycles. The summed E-state index contributed by atoms with van der Waals surface area (Å²) in [7, 11) is 1.66. The second-order valence-electron chi connectivity index (χ2n) is 6.69. The van der Waals surface area contributed by atoms with E-state index in [1.165, 1.54) is 0 Å². The Bertz CT molecular complexity index is 732. The first kappa shape index (κ1) is 15.2. The van der Waals surface area contributed by atoms with Gasteiger partial charge in [0, 0.05) is 6.54 Å². The molecule has 0 N–H and O–H groups in total. The van der Waals surface area contributed by atoms with Gasteiger partial charge in [-0.1, -0.05) is 30.2 Å². The van der Waals surface area contributed by atoms with Crippen molar-refractivity contribution in [3.63, 3.8) is 0 Å². The van der Waals surface area contributed by atoms with Crippen molar-refractivity contribution in [2.45, 2.75) is 44.2 Å². The number of carbonyl (C=O) groups excluding carboxylic acids is 1. The van der Waals surface area contributed by atoms with Crippen LogP contribution in [0.1, 0.15) is 36.9 Å². The molecule has 1 amide bonds. The van der Waals surface area contributed by atoms with E-state index in [2.05, 4.69) is 22.4 Å². The van der Waals surface area contributed by atoms with Crippen molar-refractivity contribution in [1.29, 1.82) is 0 Å². The van der Waals surface area contributed by atoms with Crippen molar-refractivity contribution in [2.24, 2.45) is 0 Å². The van der Waals surface area contributed by atoms with E-state index in [-0.39, 0.29) is 11.3 Å². The molecule has 4 rings (SSSR count). The van der Waals surface area contributed by atoms with Crippen molar-refractivity contribution in [3.05, 3.63) is 41.7 Å². The Morgan fingerprint density at radius 2 is 1.92 bits per heavy atom. The van der Waals surface area contributed by atoms with E-state index in [1.807, 2.05) is 21.7 Å². The van der Waals surface area contributed by atoms with Crippen LogP contribution in [0.5, 0.6) is 5.75 Å². The lowest BCUT2D eigenvalue weighted by Crippen LogP contribution is -2.48. The van der Waals surface area contributed by atoms with E-state index in [1.54, 1.807) is 13.3 Å². The Balaban J connectivity index is 1.64. The van der Waals surface area contributed by atoms with Gasteiger partial charge in [0.2, 0.25) is 5.91 Å². The Kier molecular flexibility index (Phi) is 3.75. The lowest BCUT2D eigenvalue weighted by molar-refractivity contribution is -0.139. The zero-order valence-corrected chi connectivity index (χ0v) is 13.9. The molecule has 0 unspecified atom stereocenters. The Morgan fingerprint density at radius 3 is 2.62 bits per heavy atom. The highest BCUT2D eigenvalue weighted by Gasteiger charge is 2.45. The lowest BCUT2D eigenvalue weighted by Gasteiger charge is -2.36. The molecule has 1 fully saturated rings. The molecule has 0 saturated heterocycles. The third kappa shape index (κ3) is 2.37. The molecule has 1 aromatic heterocycles. The standard InChI is InChI=1S/C18H22N4O2/c1-24-16-6-4-14(5-7-16)18(8-2-3-9-18)17(23)21-10-11-22-15(13-21)12-19-20-22/h4-7,12H,2-3,8-11,13H2,1H3. The molecule has 0 spiro atoms. The molecule has 1 saturated carbocycles. The minimum Gasteiger partial charge on any atom is -0.497 e. The van der Waals surface area contributed by atoms with Crippen LogP contribution in [0, 0.1) is 0 Å².